The summed E-state index contributed by atoms with van der Waals surface area (Å²) < 4.78 is 38.2. The number of anilines is 2. The van der Waals surface area contributed by atoms with Gasteiger partial charge < -0.3 is 16.0 Å². The Morgan fingerprint density at radius 2 is 1.59 bits per heavy atom. The monoisotopic (exact) mass is 377 g/mol. The Balaban J connectivity index is 1.54. The third-order valence-electron chi connectivity index (χ3n) is 3.96. The van der Waals surface area contributed by atoms with Crippen LogP contribution in [0.1, 0.15) is 24.0 Å². The second-order valence-electron chi connectivity index (χ2n) is 6.37. The summed E-state index contributed by atoms with van der Waals surface area (Å²) in [4.78, 5) is 23.7. The standard InChI is InChI=1S/C19H18F3N3O2/c20-19(21,22)13-3-1-2-12(10-13)11-17(26)23-14-4-6-15(7-5-14)24-18(27)25-16-8-9-16/h1-7,10,16H,8-9,11H2,(H,23,26)(H2,24,25,27). The fourth-order valence-electron chi connectivity index (χ4n) is 2.47. The largest absolute Gasteiger partial charge is 0.416 e. The SMILES string of the molecule is O=C(Cc1cccc(C(F)(F)F)c1)Nc1ccc(NC(=O)NC2CC2)cc1. The summed E-state index contributed by atoms with van der Waals surface area (Å²) in [5, 5.41) is 8.10. The summed E-state index contributed by atoms with van der Waals surface area (Å²) in [5.74, 6) is -0.429. The lowest BCUT2D eigenvalue weighted by Crippen LogP contribution is -2.30. The number of carbonyl (C=O) groups is 2. The molecule has 0 radical (unpaired) electrons. The smallest absolute Gasteiger partial charge is 0.335 e. The van der Waals surface area contributed by atoms with Gasteiger partial charge in [-0.25, -0.2) is 4.79 Å². The maximum absolute atomic E-state index is 12.7. The van der Waals surface area contributed by atoms with E-state index in [2.05, 4.69) is 16.0 Å². The van der Waals surface area contributed by atoms with E-state index in [9.17, 15) is 22.8 Å². The summed E-state index contributed by atoms with van der Waals surface area (Å²) in [7, 11) is 0. The normalized spacial score (nSPS) is 13.7. The molecule has 5 nitrogen and oxygen atoms in total. The van der Waals surface area contributed by atoms with Crippen molar-refractivity contribution in [3.8, 4) is 0 Å². The van der Waals surface area contributed by atoms with E-state index in [1.807, 2.05) is 0 Å². The van der Waals surface area contributed by atoms with Crippen molar-refractivity contribution in [2.45, 2.75) is 31.5 Å². The van der Waals surface area contributed by atoms with E-state index < -0.39 is 17.6 Å². The van der Waals surface area contributed by atoms with Crippen LogP contribution in [0.15, 0.2) is 48.5 Å². The summed E-state index contributed by atoms with van der Waals surface area (Å²) in [6.45, 7) is 0. The van der Waals surface area contributed by atoms with Crippen molar-refractivity contribution in [3.63, 3.8) is 0 Å². The summed E-state index contributed by atoms with van der Waals surface area (Å²) >= 11 is 0. The number of halogens is 3. The first kappa shape index (κ1) is 18.8. The van der Waals surface area contributed by atoms with Crippen LogP contribution in [0.5, 0.6) is 0 Å². The van der Waals surface area contributed by atoms with Crippen LogP contribution >= 0.6 is 0 Å². The Hall–Kier alpha value is -3.03. The molecule has 3 amide bonds. The molecule has 0 bridgehead atoms. The maximum Gasteiger partial charge on any atom is 0.416 e. The Morgan fingerprint density at radius 1 is 0.963 bits per heavy atom. The predicted octanol–water partition coefficient (Wildman–Crippen LogP) is 4.17. The zero-order valence-electron chi connectivity index (χ0n) is 14.3. The molecule has 0 unspecified atom stereocenters. The molecule has 0 heterocycles. The van der Waals surface area contributed by atoms with E-state index in [0.29, 0.717) is 11.4 Å². The van der Waals surface area contributed by atoms with Gasteiger partial charge in [-0.3, -0.25) is 4.79 Å². The number of rotatable bonds is 5. The van der Waals surface area contributed by atoms with Gasteiger partial charge in [-0.2, -0.15) is 13.2 Å². The molecule has 8 heteroatoms. The van der Waals surface area contributed by atoms with E-state index >= 15 is 0 Å². The maximum atomic E-state index is 12.7. The highest BCUT2D eigenvalue weighted by molar-refractivity contribution is 5.93. The van der Waals surface area contributed by atoms with E-state index in [-0.39, 0.29) is 24.1 Å². The van der Waals surface area contributed by atoms with E-state index in [1.165, 1.54) is 12.1 Å². The predicted molar refractivity (Wildman–Crippen MR) is 95.4 cm³/mol. The van der Waals surface area contributed by atoms with Crippen molar-refractivity contribution in [3.05, 3.63) is 59.7 Å². The molecule has 0 aromatic heterocycles. The highest BCUT2D eigenvalue weighted by Gasteiger charge is 2.30. The fraction of sp³-hybridized carbons (Fsp3) is 0.263. The molecule has 1 aliphatic rings. The second kappa shape index (κ2) is 7.69. The fourth-order valence-corrected chi connectivity index (χ4v) is 2.47. The second-order valence-corrected chi connectivity index (χ2v) is 6.37. The van der Waals surface area contributed by atoms with Crippen molar-refractivity contribution in [1.82, 2.24) is 5.32 Å². The van der Waals surface area contributed by atoms with Gasteiger partial charge in [0.25, 0.3) is 0 Å². The molecule has 27 heavy (non-hydrogen) atoms. The number of nitrogens with one attached hydrogen (secondary N) is 3. The Morgan fingerprint density at radius 3 is 2.19 bits per heavy atom. The molecule has 1 saturated carbocycles. The molecular formula is C19H18F3N3O2. The molecule has 0 spiro atoms. The number of amides is 3. The van der Waals surface area contributed by atoms with E-state index in [1.54, 1.807) is 24.3 Å². The lowest BCUT2D eigenvalue weighted by molar-refractivity contribution is -0.137. The van der Waals surface area contributed by atoms with Gasteiger partial charge in [-0.15, -0.1) is 0 Å². The van der Waals surface area contributed by atoms with Gasteiger partial charge in [0.1, 0.15) is 0 Å². The van der Waals surface area contributed by atoms with Crippen LogP contribution < -0.4 is 16.0 Å². The van der Waals surface area contributed by atoms with Crippen LogP contribution in [0.3, 0.4) is 0 Å². The lowest BCUT2D eigenvalue weighted by atomic mass is 10.1. The Kier molecular flexibility index (Phi) is 5.34. The molecule has 0 aliphatic heterocycles. The molecule has 0 atom stereocenters. The van der Waals surface area contributed by atoms with Crippen LogP contribution in [0.4, 0.5) is 29.3 Å². The number of hydrogen-bond acceptors (Lipinski definition) is 2. The highest BCUT2D eigenvalue weighted by Crippen LogP contribution is 2.29. The zero-order valence-corrected chi connectivity index (χ0v) is 14.3. The minimum atomic E-state index is -4.44. The van der Waals surface area contributed by atoms with Crippen molar-refractivity contribution in [2.24, 2.45) is 0 Å². The third-order valence-corrected chi connectivity index (χ3v) is 3.96. The van der Waals surface area contributed by atoms with Crippen molar-refractivity contribution < 1.29 is 22.8 Å². The van der Waals surface area contributed by atoms with Crippen molar-refractivity contribution in [1.29, 1.82) is 0 Å². The number of hydrogen-bond donors (Lipinski definition) is 3. The Labute approximate surface area is 154 Å². The molecule has 142 valence electrons. The van der Waals surface area contributed by atoms with Gasteiger partial charge >= 0.3 is 12.2 Å². The molecule has 1 fully saturated rings. The van der Waals surface area contributed by atoms with Gasteiger partial charge in [0, 0.05) is 17.4 Å². The zero-order chi connectivity index (χ0) is 19.4. The first-order valence-corrected chi connectivity index (χ1v) is 8.43. The topological polar surface area (TPSA) is 70.2 Å². The molecule has 1 aliphatic carbocycles. The number of alkyl halides is 3. The quantitative estimate of drug-likeness (QED) is 0.732. The minimum absolute atomic E-state index is 0.173. The van der Waals surface area contributed by atoms with Crippen LogP contribution in [0.25, 0.3) is 0 Å². The van der Waals surface area contributed by atoms with Gasteiger partial charge in [-0.1, -0.05) is 18.2 Å². The van der Waals surface area contributed by atoms with Crippen LogP contribution in [-0.2, 0) is 17.4 Å². The van der Waals surface area contributed by atoms with Crippen LogP contribution in [0, 0.1) is 0 Å². The van der Waals surface area contributed by atoms with Gasteiger partial charge in [0.15, 0.2) is 0 Å². The molecule has 3 rings (SSSR count). The van der Waals surface area contributed by atoms with E-state index in [0.717, 1.165) is 25.0 Å². The van der Waals surface area contributed by atoms with Gasteiger partial charge in [0.05, 0.1) is 12.0 Å². The number of benzene rings is 2. The first-order valence-electron chi connectivity index (χ1n) is 8.43. The average molecular weight is 377 g/mol. The molecular weight excluding hydrogens is 359 g/mol. The van der Waals surface area contributed by atoms with E-state index in [4.69, 9.17) is 0 Å². The molecule has 2 aromatic carbocycles. The molecule has 2 aromatic rings. The van der Waals surface area contributed by atoms with Crippen molar-refractivity contribution >= 4 is 23.3 Å². The number of urea groups is 1. The summed E-state index contributed by atoms with van der Waals surface area (Å²) in [6, 6.07) is 11.1. The van der Waals surface area contributed by atoms with Gasteiger partial charge in [-0.05, 0) is 48.7 Å². The highest BCUT2D eigenvalue weighted by atomic mass is 19.4. The average Bonchev–Trinajstić information content (AvgIpc) is 3.40. The van der Waals surface area contributed by atoms with Crippen LogP contribution in [0.2, 0.25) is 0 Å². The first-order chi connectivity index (χ1) is 12.8. The van der Waals surface area contributed by atoms with Crippen molar-refractivity contribution in [2.75, 3.05) is 10.6 Å². The summed E-state index contributed by atoms with van der Waals surface area (Å²) in [5.41, 5.74) is 0.550. The molecule has 3 N–H and O–H groups in total. The van der Waals surface area contributed by atoms with Crippen LogP contribution in [-0.4, -0.2) is 18.0 Å². The summed E-state index contributed by atoms with van der Waals surface area (Å²) in [6.07, 6.45) is -2.64. The third kappa shape index (κ3) is 5.73. The number of carbonyl (C=O) groups excluding carboxylic acids is 2. The lowest BCUT2D eigenvalue weighted by Gasteiger charge is -2.10. The van der Waals surface area contributed by atoms with Gasteiger partial charge in [0.2, 0.25) is 5.91 Å². The minimum Gasteiger partial charge on any atom is -0.335 e. The Bertz CT molecular complexity index is 831. The molecule has 0 saturated heterocycles.